The van der Waals surface area contributed by atoms with Crippen LogP contribution in [0.5, 0.6) is 0 Å². The molecule has 0 spiro atoms. The molecule has 0 aromatic rings. The maximum atomic E-state index is 9.93. The van der Waals surface area contributed by atoms with Crippen molar-refractivity contribution < 1.29 is 50.6 Å². The van der Waals surface area contributed by atoms with Crippen molar-refractivity contribution in [3.8, 4) is 0 Å². The molecule has 0 N–H and O–H groups in total. The second kappa shape index (κ2) is 4.91. The molecule has 0 aliphatic heterocycles. The fourth-order valence-electron chi connectivity index (χ4n) is 0. The van der Waals surface area contributed by atoms with E-state index in [9.17, 15) is 50.6 Å². The molecule has 0 saturated heterocycles. The molecule has 22 heteroatoms. The van der Waals surface area contributed by atoms with Crippen LogP contribution >= 0.6 is 0 Å². The monoisotopic (exact) mass is 732 g/mol. The summed E-state index contributed by atoms with van der Waals surface area (Å²) >= 11 is -33.8. The minimum atomic E-state index is -11.2. The Morgan fingerprint density at radius 3 is 0.227 bits per heavy atom. The van der Waals surface area contributed by atoms with Crippen LogP contribution < -0.4 is 0 Å². The Morgan fingerprint density at radius 1 is 0.227 bits per heavy atom. The van der Waals surface area contributed by atoms with E-state index < -0.39 is 58.4 Å². The van der Waals surface area contributed by atoms with Crippen LogP contribution in [0.15, 0.2) is 0 Å². The van der Waals surface area contributed by atoms with Crippen LogP contribution in [-0.2, 0) is 0 Å². The maximum absolute atomic E-state index is 11.2. The molecule has 0 saturated carbocycles. The molecular weight excluding hydrogens is 734 g/mol. The third kappa shape index (κ3) is 3130. The Labute approximate surface area is 125 Å². The van der Waals surface area contributed by atoms with Crippen molar-refractivity contribution in [3.63, 3.8) is 0 Å². The Balaban J connectivity index is -0.000000108. The molecule has 0 aliphatic carbocycles. The Hall–Kier alpha value is 1.73. The zero-order valence-electron chi connectivity index (χ0n) is 8.72. The SMILES string of the molecule is [Al+3].[F][Sb-]([F])([F])([F])([F])[F].[F][Sb-]([F])([F])([F])([F])[F].[F][Sb-]([F])([F])([F])([F])[F]. The predicted molar refractivity (Wildman–Crippen MR) is 43.0 cm³/mol. The van der Waals surface area contributed by atoms with E-state index in [0.29, 0.717) is 0 Å². The molecule has 0 heterocycles. The number of halogens is 18. The van der Waals surface area contributed by atoms with E-state index in [1.807, 2.05) is 0 Å². The third-order valence-electron chi connectivity index (χ3n) is 0. The van der Waals surface area contributed by atoms with Crippen molar-refractivity contribution in [3.05, 3.63) is 0 Å². The summed E-state index contributed by atoms with van der Waals surface area (Å²) in [5.41, 5.74) is 0. The van der Waals surface area contributed by atoms with E-state index in [1.165, 1.54) is 0 Å². The average molecular weight is 734 g/mol. The van der Waals surface area contributed by atoms with Gasteiger partial charge >= 0.3 is 126 Å². The van der Waals surface area contributed by atoms with E-state index in [1.54, 1.807) is 0 Å². The number of rotatable bonds is 0. The summed E-state index contributed by atoms with van der Waals surface area (Å²) in [4.78, 5) is 0. The molecule has 0 atom stereocenters. The van der Waals surface area contributed by atoms with Gasteiger partial charge in [-0.3, -0.25) is 0 Å². The van der Waals surface area contributed by atoms with Gasteiger partial charge < -0.3 is 0 Å². The van der Waals surface area contributed by atoms with Gasteiger partial charge in [-0.05, 0) is 0 Å². The van der Waals surface area contributed by atoms with Crippen LogP contribution in [0.4, 0.5) is 50.6 Å². The molecule has 0 fully saturated rings. The fourth-order valence-corrected chi connectivity index (χ4v) is 0. The summed E-state index contributed by atoms with van der Waals surface area (Å²) < 4.78 is 179. The van der Waals surface area contributed by atoms with E-state index >= 15 is 0 Å². The predicted octanol–water partition coefficient (Wildman–Crippen LogP) is 6.04. The van der Waals surface area contributed by atoms with Gasteiger partial charge in [0.15, 0.2) is 0 Å². The van der Waals surface area contributed by atoms with Crippen molar-refractivity contribution in [1.29, 1.82) is 0 Å². The molecular formula is AlF18Sb3. The zero-order chi connectivity index (χ0) is 19.2. The van der Waals surface area contributed by atoms with Crippen molar-refractivity contribution in [1.82, 2.24) is 0 Å². The van der Waals surface area contributed by atoms with Gasteiger partial charge in [-0.2, -0.15) is 0 Å². The second-order valence-electron chi connectivity index (χ2n) is 2.87. The van der Waals surface area contributed by atoms with E-state index in [2.05, 4.69) is 0 Å². The first-order chi connectivity index (χ1) is 7.35. The summed E-state index contributed by atoms with van der Waals surface area (Å²) in [6.45, 7) is 0. The molecule has 0 rings (SSSR count). The summed E-state index contributed by atoms with van der Waals surface area (Å²) in [6, 6.07) is 0. The zero-order valence-corrected chi connectivity index (χ0v) is 17.5. The van der Waals surface area contributed by atoms with Crippen molar-refractivity contribution >= 4 is 75.8 Å². The van der Waals surface area contributed by atoms with Gasteiger partial charge in [-0.15, -0.1) is 0 Å². The van der Waals surface area contributed by atoms with Crippen LogP contribution in [0.1, 0.15) is 0 Å². The van der Waals surface area contributed by atoms with Gasteiger partial charge in [-0.1, -0.05) is 0 Å². The van der Waals surface area contributed by atoms with Gasteiger partial charge in [0, 0.05) is 0 Å². The molecule has 0 unspecified atom stereocenters. The summed E-state index contributed by atoms with van der Waals surface area (Å²) in [6.07, 6.45) is 0. The quantitative estimate of drug-likeness (QED) is 0.211. The number of hydrogen-bond donors (Lipinski definition) is 0. The molecule has 144 valence electrons. The van der Waals surface area contributed by atoms with Gasteiger partial charge in [0.05, 0.1) is 0 Å². The molecule has 0 aromatic heterocycles. The first kappa shape index (κ1) is 31.5. The van der Waals surface area contributed by atoms with Crippen LogP contribution in [0.3, 0.4) is 0 Å². The van der Waals surface area contributed by atoms with Crippen LogP contribution in [-0.4, -0.2) is 75.8 Å². The fraction of sp³-hybridized carbons (Fsp3) is 0. The second-order valence-corrected chi connectivity index (χ2v) is 19.3. The van der Waals surface area contributed by atoms with Crippen LogP contribution in [0.25, 0.3) is 0 Å². The van der Waals surface area contributed by atoms with Crippen LogP contribution in [0.2, 0.25) is 0 Å². The van der Waals surface area contributed by atoms with E-state index in [4.69, 9.17) is 0 Å². The number of hydrogen-bond acceptors (Lipinski definition) is 0. The van der Waals surface area contributed by atoms with E-state index in [0.717, 1.165) is 0 Å². The van der Waals surface area contributed by atoms with Gasteiger partial charge in [0.25, 0.3) is 0 Å². The van der Waals surface area contributed by atoms with Crippen LogP contribution in [0, 0.1) is 0 Å². The molecule has 0 radical (unpaired) electrons. The third-order valence-corrected chi connectivity index (χ3v) is 0. The molecule has 22 heavy (non-hydrogen) atoms. The minimum absolute atomic E-state index is 0. The Morgan fingerprint density at radius 2 is 0.227 bits per heavy atom. The Kier molecular flexibility index (Phi) is 7.03. The van der Waals surface area contributed by atoms with E-state index in [-0.39, 0.29) is 17.4 Å². The first-order valence-electron chi connectivity index (χ1n) is 3.04. The van der Waals surface area contributed by atoms with Crippen molar-refractivity contribution in [2.75, 3.05) is 0 Å². The molecule has 0 nitrogen and oxygen atoms in total. The molecule has 0 bridgehead atoms. The standard InChI is InChI=1S/Al.18FH.3Sb/h;18*1H;;;/q+3;;;;;;;;;;;;;;;;;;;3*+5/p-18. The van der Waals surface area contributed by atoms with Crippen molar-refractivity contribution in [2.24, 2.45) is 0 Å². The van der Waals surface area contributed by atoms with Gasteiger partial charge in [0.1, 0.15) is 0 Å². The normalized spacial score (nSPS) is 22.1. The Bertz CT molecular complexity index is 265. The van der Waals surface area contributed by atoms with Crippen molar-refractivity contribution in [2.45, 2.75) is 0 Å². The van der Waals surface area contributed by atoms with Gasteiger partial charge in [-0.25, -0.2) is 0 Å². The first-order valence-corrected chi connectivity index (χ1v) is 20.4. The molecule has 0 aliphatic rings. The molecule has 0 amide bonds. The topological polar surface area (TPSA) is 0 Å². The summed E-state index contributed by atoms with van der Waals surface area (Å²) in [5, 5.41) is 0. The summed E-state index contributed by atoms with van der Waals surface area (Å²) in [7, 11) is 0. The van der Waals surface area contributed by atoms with Gasteiger partial charge in [0.2, 0.25) is 0 Å². The summed E-state index contributed by atoms with van der Waals surface area (Å²) in [5.74, 6) is 0. The molecule has 0 aromatic carbocycles. The average Bonchev–Trinajstić information content (AvgIpc) is 1.19.